The van der Waals surface area contributed by atoms with Gasteiger partial charge in [-0.3, -0.25) is 4.79 Å². The minimum atomic E-state index is -1.91. The highest BCUT2D eigenvalue weighted by atomic mass is 79.9. The first-order chi connectivity index (χ1) is 17.0. The minimum absolute atomic E-state index is 0.374. The van der Waals surface area contributed by atoms with Crippen LogP contribution in [0.5, 0.6) is 5.75 Å². The predicted molar refractivity (Wildman–Crippen MR) is 137 cm³/mol. The zero-order chi connectivity index (χ0) is 24.7. The molecule has 0 aliphatic rings. The number of ether oxygens (including phenoxy) is 1. The lowest BCUT2D eigenvalue weighted by Gasteiger charge is -2.27. The van der Waals surface area contributed by atoms with Crippen molar-refractivity contribution in [2.24, 2.45) is 5.10 Å². The molecule has 4 aromatic carbocycles. The fourth-order valence-electron chi connectivity index (χ4n) is 3.44. The van der Waals surface area contributed by atoms with Crippen molar-refractivity contribution in [1.29, 1.82) is 0 Å². The van der Waals surface area contributed by atoms with E-state index in [0.717, 1.165) is 4.47 Å². The summed E-state index contributed by atoms with van der Waals surface area (Å²) >= 11 is 3.33. The summed E-state index contributed by atoms with van der Waals surface area (Å²) in [7, 11) is 0. The molecule has 35 heavy (non-hydrogen) atoms. The van der Waals surface area contributed by atoms with Crippen molar-refractivity contribution in [3.63, 3.8) is 0 Å². The van der Waals surface area contributed by atoms with Gasteiger partial charge in [-0.2, -0.15) is 5.10 Å². The van der Waals surface area contributed by atoms with Crippen molar-refractivity contribution in [3.8, 4) is 5.75 Å². The molecule has 1 amide bonds. The molecule has 2 N–H and O–H groups in total. The maximum atomic E-state index is 13.1. The van der Waals surface area contributed by atoms with E-state index in [-0.39, 0.29) is 0 Å². The highest BCUT2D eigenvalue weighted by Gasteiger charge is 2.39. The Kier molecular flexibility index (Phi) is 7.50. The number of rotatable bonds is 7. The summed E-state index contributed by atoms with van der Waals surface area (Å²) in [5.74, 6) is -0.787. The van der Waals surface area contributed by atoms with Gasteiger partial charge in [0.15, 0.2) is 5.60 Å². The quantitative estimate of drug-likeness (QED) is 0.152. The van der Waals surface area contributed by atoms with Crippen molar-refractivity contribution in [3.05, 3.63) is 136 Å². The summed E-state index contributed by atoms with van der Waals surface area (Å²) in [6.07, 6.45) is 1.44. The van der Waals surface area contributed by atoms with Gasteiger partial charge in [0.1, 0.15) is 5.75 Å². The summed E-state index contributed by atoms with van der Waals surface area (Å²) in [6.45, 7) is 0. The summed E-state index contributed by atoms with van der Waals surface area (Å²) in [6, 6.07) is 31.0. The van der Waals surface area contributed by atoms with E-state index in [0.29, 0.717) is 28.0 Å². The molecule has 0 spiro atoms. The van der Waals surface area contributed by atoms with Gasteiger partial charge in [0.05, 0.1) is 11.8 Å². The molecule has 4 aromatic rings. The Hall–Kier alpha value is -4.07. The second-order valence-electron chi connectivity index (χ2n) is 7.61. The third-order valence-corrected chi connectivity index (χ3v) is 5.74. The molecule has 0 saturated carbocycles. The number of carbonyl (C=O) groups is 2. The van der Waals surface area contributed by atoms with Crippen LogP contribution in [0.15, 0.2) is 119 Å². The fourth-order valence-corrected chi connectivity index (χ4v) is 3.84. The standard InChI is InChI=1S/C28H21BrN2O4/c29-24-13-7-8-21(18-24)26(32)35-25-16-14-20(15-17-25)19-30-31-27(33)28(34,22-9-3-1-4-10-22)23-11-5-2-6-12-23/h1-19,34H,(H,31,33)/b30-19+. The number of carbonyl (C=O) groups excluding carboxylic acids is 2. The molecule has 0 heterocycles. The lowest BCUT2D eigenvalue weighted by atomic mass is 9.85. The predicted octanol–water partition coefficient (Wildman–Crippen LogP) is 5.05. The number of hydrogen-bond acceptors (Lipinski definition) is 5. The average Bonchev–Trinajstić information content (AvgIpc) is 2.90. The van der Waals surface area contributed by atoms with Crippen molar-refractivity contribution >= 4 is 34.0 Å². The average molecular weight is 529 g/mol. The molecule has 0 atom stereocenters. The van der Waals surface area contributed by atoms with E-state index in [1.807, 2.05) is 18.2 Å². The molecule has 4 rings (SSSR count). The molecule has 7 heteroatoms. The molecule has 0 unspecified atom stereocenters. The Morgan fingerprint density at radius 2 is 1.43 bits per heavy atom. The molecular formula is C28H21BrN2O4. The maximum absolute atomic E-state index is 13.1. The maximum Gasteiger partial charge on any atom is 0.343 e. The topological polar surface area (TPSA) is 88.0 Å². The van der Waals surface area contributed by atoms with Crippen molar-refractivity contribution in [1.82, 2.24) is 5.43 Å². The van der Waals surface area contributed by atoms with Crippen LogP contribution in [-0.4, -0.2) is 23.2 Å². The number of hydrazone groups is 1. The summed E-state index contributed by atoms with van der Waals surface area (Å²) in [4.78, 5) is 25.3. The molecular weight excluding hydrogens is 508 g/mol. The van der Waals surface area contributed by atoms with Crippen molar-refractivity contribution in [2.75, 3.05) is 0 Å². The third kappa shape index (κ3) is 5.71. The Morgan fingerprint density at radius 3 is 2.00 bits per heavy atom. The van der Waals surface area contributed by atoms with Gasteiger partial charge in [-0.05, 0) is 59.2 Å². The molecule has 0 saturated heterocycles. The van der Waals surface area contributed by atoms with Crippen LogP contribution in [0.25, 0.3) is 0 Å². The smallest absolute Gasteiger partial charge is 0.343 e. The normalized spacial score (nSPS) is 11.3. The Morgan fingerprint density at radius 1 is 0.829 bits per heavy atom. The third-order valence-electron chi connectivity index (χ3n) is 5.24. The number of nitrogens with zero attached hydrogens (tertiary/aromatic N) is 1. The van der Waals surface area contributed by atoms with Crippen LogP contribution in [-0.2, 0) is 10.4 Å². The van der Waals surface area contributed by atoms with E-state index in [9.17, 15) is 14.7 Å². The zero-order valence-corrected chi connectivity index (χ0v) is 20.1. The molecule has 0 bridgehead atoms. The number of amides is 1. The van der Waals surface area contributed by atoms with Gasteiger partial charge in [-0.1, -0.05) is 82.7 Å². The SMILES string of the molecule is O=C(Oc1ccc(/C=N/NC(=O)C(O)(c2ccccc2)c2ccccc2)cc1)c1cccc(Br)c1. The van der Waals surface area contributed by atoms with Gasteiger partial charge in [0.2, 0.25) is 0 Å². The summed E-state index contributed by atoms with van der Waals surface area (Å²) in [5.41, 5.74) is 2.46. The molecule has 0 radical (unpaired) electrons. The highest BCUT2D eigenvalue weighted by Crippen LogP contribution is 2.29. The second-order valence-corrected chi connectivity index (χ2v) is 8.53. The van der Waals surface area contributed by atoms with Crippen LogP contribution in [0.2, 0.25) is 0 Å². The van der Waals surface area contributed by atoms with Gasteiger partial charge < -0.3 is 9.84 Å². The van der Waals surface area contributed by atoms with Crippen molar-refractivity contribution in [2.45, 2.75) is 5.60 Å². The van der Waals surface area contributed by atoms with Crippen LogP contribution in [0.3, 0.4) is 0 Å². The highest BCUT2D eigenvalue weighted by molar-refractivity contribution is 9.10. The van der Waals surface area contributed by atoms with E-state index in [1.54, 1.807) is 91.0 Å². The number of halogens is 1. The van der Waals surface area contributed by atoms with Crippen LogP contribution < -0.4 is 10.2 Å². The zero-order valence-electron chi connectivity index (χ0n) is 18.5. The molecule has 6 nitrogen and oxygen atoms in total. The Bertz CT molecular complexity index is 1300. The van der Waals surface area contributed by atoms with E-state index in [2.05, 4.69) is 26.5 Å². The number of hydrogen-bond donors (Lipinski definition) is 2. The van der Waals surface area contributed by atoms with Crippen LogP contribution >= 0.6 is 15.9 Å². The monoisotopic (exact) mass is 528 g/mol. The lowest BCUT2D eigenvalue weighted by molar-refractivity contribution is -0.136. The number of nitrogens with one attached hydrogen (secondary N) is 1. The summed E-state index contributed by atoms with van der Waals surface area (Å²) < 4.78 is 6.17. The van der Waals surface area contributed by atoms with Gasteiger partial charge in [0, 0.05) is 4.47 Å². The summed E-state index contributed by atoms with van der Waals surface area (Å²) in [5, 5.41) is 15.4. The van der Waals surface area contributed by atoms with Gasteiger partial charge in [0.25, 0.3) is 5.91 Å². The van der Waals surface area contributed by atoms with Crippen molar-refractivity contribution < 1.29 is 19.4 Å². The molecule has 0 aliphatic heterocycles. The van der Waals surface area contributed by atoms with Gasteiger partial charge in [-0.25, -0.2) is 10.2 Å². The first kappa shape index (κ1) is 24.1. The minimum Gasteiger partial charge on any atom is -0.423 e. The van der Waals surface area contributed by atoms with Crippen LogP contribution in [0.4, 0.5) is 0 Å². The van der Waals surface area contributed by atoms with E-state index >= 15 is 0 Å². The Labute approximate surface area is 211 Å². The lowest BCUT2D eigenvalue weighted by Crippen LogP contribution is -2.43. The van der Waals surface area contributed by atoms with Gasteiger partial charge in [-0.15, -0.1) is 0 Å². The fraction of sp³-hybridized carbons (Fsp3) is 0.0357. The molecule has 0 fully saturated rings. The number of esters is 1. The van der Waals surface area contributed by atoms with Crippen LogP contribution in [0.1, 0.15) is 27.0 Å². The largest absolute Gasteiger partial charge is 0.423 e. The van der Waals surface area contributed by atoms with E-state index < -0.39 is 17.5 Å². The van der Waals surface area contributed by atoms with E-state index in [4.69, 9.17) is 4.74 Å². The molecule has 0 aliphatic carbocycles. The van der Waals surface area contributed by atoms with Gasteiger partial charge >= 0.3 is 5.97 Å². The second kappa shape index (κ2) is 10.9. The van der Waals surface area contributed by atoms with E-state index in [1.165, 1.54) is 6.21 Å². The molecule has 0 aromatic heterocycles. The molecule has 174 valence electrons. The first-order valence-corrected chi connectivity index (χ1v) is 11.5. The van der Waals surface area contributed by atoms with Crippen LogP contribution in [0, 0.1) is 0 Å². The number of aliphatic hydroxyl groups is 1. The first-order valence-electron chi connectivity index (χ1n) is 10.7. The Balaban J connectivity index is 1.44. The number of benzene rings is 4.